The fraction of sp³-hybridized carbons (Fsp3) is 0.176. The first-order valence-electron chi connectivity index (χ1n) is 6.96. The molecule has 0 aliphatic rings. The molecule has 0 radical (unpaired) electrons. The number of nitrogens with zero attached hydrogens (tertiary/aromatic N) is 2. The number of ether oxygens (including phenoxy) is 1. The highest BCUT2D eigenvalue weighted by atomic mass is 19.1. The Morgan fingerprint density at radius 2 is 1.96 bits per heavy atom. The van der Waals surface area contributed by atoms with Gasteiger partial charge in [0.05, 0.1) is 16.6 Å². The topological polar surface area (TPSA) is 55.6 Å². The maximum Gasteiger partial charge on any atom is 0.279 e. The van der Waals surface area contributed by atoms with Gasteiger partial charge in [-0.2, -0.15) is 0 Å². The normalized spacial score (nSPS) is 10.7. The number of nitro groups is 1. The van der Waals surface area contributed by atoms with Gasteiger partial charge in [0.15, 0.2) is 11.6 Å². The lowest BCUT2D eigenvalue weighted by molar-refractivity contribution is -0.385. The molecule has 0 aromatic heterocycles. The highest BCUT2D eigenvalue weighted by Crippen LogP contribution is 2.29. The summed E-state index contributed by atoms with van der Waals surface area (Å²) in [6.45, 7) is 0.187. The zero-order valence-corrected chi connectivity index (χ0v) is 12.9. The molecular weight excluding hydrogens is 299 g/mol. The van der Waals surface area contributed by atoms with Crippen LogP contribution in [0.3, 0.4) is 0 Å². The molecule has 0 bridgehead atoms. The van der Waals surface area contributed by atoms with Crippen molar-refractivity contribution >= 4 is 11.8 Å². The third-order valence-electron chi connectivity index (χ3n) is 3.07. The number of rotatable bonds is 6. The standard InChI is InChI=1S/C17H17FN2O3/c1-19(2)9-8-14-10-17(15(18)11-16(14)20(21)22)23-12-13-6-4-3-5-7-13/h3-11H,12H2,1-2H3. The van der Waals surface area contributed by atoms with Gasteiger partial charge in [-0.1, -0.05) is 30.3 Å². The van der Waals surface area contributed by atoms with Crippen LogP contribution in [0.4, 0.5) is 10.1 Å². The average Bonchev–Trinajstić information content (AvgIpc) is 2.52. The number of nitro benzene ring substituents is 1. The maximum atomic E-state index is 14.0. The Morgan fingerprint density at radius 1 is 1.26 bits per heavy atom. The molecule has 120 valence electrons. The molecule has 0 aliphatic carbocycles. The number of hydrogen-bond acceptors (Lipinski definition) is 4. The molecule has 6 heteroatoms. The van der Waals surface area contributed by atoms with Crippen molar-refractivity contribution in [3.63, 3.8) is 0 Å². The summed E-state index contributed by atoms with van der Waals surface area (Å²) in [6, 6.07) is 11.5. The zero-order valence-electron chi connectivity index (χ0n) is 12.9. The predicted octanol–water partition coefficient (Wildman–Crippen LogP) is 3.85. The average molecular weight is 316 g/mol. The van der Waals surface area contributed by atoms with E-state index < -0.39 is 10.7 Å². The fourth-order valence-corrected chi connectivity index (χ4v) is 1.93. The Hall–Kier alpha value is -2.89. The van der Waals surface area contributed by atoms with E-state index in [-0.39, 0.29) is 23.6 Å². The first-order valence-corrected chi connectivity index (χ1v) is 6.96. The highest BCUT2D eigenvalue weighted by molar-refractivity contribution is 5.63. The first kappa shape index (κ1) is 16.5. The van der Waals surface area contributed by atoms with Crippen LogP contribution in [0.1, 0.15) is 11.1 Å². The van der Waals surface area contributed by atoms with Crippen LogP contribution in [0.25, 0.3) is 6.08 Å². The van der Waals surface area contributed by atoms with Crippen molar-refractivity contribution in [3.8, 4) is 5.75 Å². The van der Waals surface area contributed by atoms with Crippen molar-refractivity contribution in [1.82, 2.24) is 4.90 Å². The van der Waals surface area contributed by atoms with Crippen LogP contribution in [-0.2, 0) is 6.61 Å². The van der Waals surface area contributed by atoms with Crippen LogP contribution in [0.5, 0.6) is 5.75 Å². The van der Waals surface area contributed by atoms with Gasteiger partial charge < -0.3 is 9.64 Å². The van der Waals surface area contributed by atoms with E-state index in [9.17, 15) is 14.5 Å². The molecule has 0 atom stereocenters. The largest absolute Gasteiger partial charge is 0.486 e. The summed E-state index contributed by atoms with van der Waals surface area (Å²) >= 11 is 0. The maximum absolute atomic E-state index is 14.0. The van der Waals surface area contributed by atoms with Gasteiger partial charge >= 0.3 is 0 Å². The van der Waals surface area contributed by atoms with E-state index in [1.807, 2.05) is 30.3 Å². The van der Waals surface area contributed by atoms with Crippen molar-refractivity contribution < 1.29 is 14.1 Å². The van der Waals surface area contributed by atoms with Gasteiger partial charge in [-0.25, -0.2) is 4.39 Å². The predicted molar refractivity (Wildman–Crippen MR) is 86.5 cm³/mol. The molecule has 0 fully saturated rings. The van der Waals surface area contributed by atoms with Crippen molar-refractivity contribution in [2.75, 3.05) is 14.1 Å². The van der Waals surface area contributed by atoms with E-state index in [0.717, 1.165) is 11.6 Å². The van der Waals surface area contributed by atoms with Crippen molar-refractivity contribution in [2.24, 2.45) is 0 Å². The van der Waals surface area contributed by atoms with Gasteiger partial charge in [-0.05, 0) is 23.9 Å². The van der Waals surface area contributed by atoms with Crippen LogP contribution in [0.15, 0.2) is 48.7 Å². The molecule has 0 heterocycles. The second-order valence-corrected chi connectivity index (χ2v) is 5.15. The van der Waals surface area contributed by atoms with Crippen molar-refractivity contribution in [1.29, 1.82) is 0 Å². The van der Waals surface area contributed by atoms with E-state index >= 15 is 0 Å². The summed E-state index contributed by atoms with van der Waals surface area (Å²) < 4.78 is 19.5. The number of benzene rings is 2. The number of halogens is 1. The smallest absolute Gasteiger partial charge is 0.279 e. The molecule has 0 N–H and O–H groups in total. The molecule has 0 amide bonds. The Kier molecular flexibility index (Phi) is 5.30. The number of hydrogen-bond donors (Lipinski definition) is 0. The van der Waals surface area contributed by atoms with Gasteiger partial charge in [-0.15, -0.1) is 0 Å². The SMILES string of the molecule is CN(C)C=Cc1cc(OCc2ccccc2)c(F)cc1[N+](=O)[O-]. The molecule has 2 rings (SSSR count). The molecule has 2 aromatic rings. The second kappa shape index (κ2) is 7.40. The molecule has 0 spiro atoms. The van der Waals surface area contributed by atoms with E-state index in [1.54, 1.807) is 31.3 Å². The Bertz CT molecular complexity index is 715. The minimum Gasteiger partial charge on any atom is -0.486 e. The molecule has 0 aliphatic heterocycles. The lowest BCUT2D eigenvalue weighted by atomic mass is 10.1. The quantitative estimate of drug-likeness (QED) is 0.600. The molecule has 0 saturated carbocycles. The highest BCUT2D eigenvalue weighted by Gasteiger charge is 2.17. The first-order chi connectivity index (χ1) is 11.0. The van der Waals surface area contributed by atoms with Crippen molar-refractivity contribution in [2.45, 2.75) is 6.61 Å². The van der Waals surface area contributed by atoms with Gasteiger partial charge in [0.2, 0.25) is 0 Å². The second-order valence-electron chi connectivity index (χ2n) is 5.15. The van der Waals surface area contributed by atoms with Gasteiger partial charge in [0, 0.05) is 14.1 Å². The summed E-state index contributed by atoms with van der Waals surface area (Å²) in [7, 11) is 3.58. The molecular formula is C17H17FN2O3. The van der Waals surface area contributed by atoms with Gasteiger partial charge in [0.1, 0.15) is 6.61 Å². The van der Waals surface area contributed by atoms with E-state index in [2.05, 4.69) is 0 Å². The lowest BCUT2D eigenvalue weighted by Gasteiger charge is -2.09. The van der Waals surface area contributed by atoms with E-state index in [0.29, 0.717) is 0 Å². The summed E-state index contributed by atoms with van der Waals surface area (Å²) in [4.78, 5) is 12.2. The molecule has 23 heavy (non-hydrogen) atoms. The van der Waals surface area contributed by atoms with Crippen molar-refractivity contribution in [3.05, 3.63) is 75.7 Å². The third-order valence-corrected chi connectivity index (χ3v) is 3.07. The van der Waals surface area contributed by atoms with Gasteiger partial charge in [0.25, 0.3) is 5.69 Å². The minimum atomic E-state index is -0.755. The summed E-state index contributed by atoms with van der Waals surface area (Å²) in [5.41, 5.74) is 0.872. The monoisotopic (exact) mass is 316 g/mol. The lowest BCUT2D eigenvalue weighted by Crippen LogP contribution is -2.02. The molecule has 0 unspecified atom stereocenters. The zero-order chi connectivity index (χ0) is 16.8. The van der Waals surface area contributed by atoms with Crippen LogP contribution < -0.4 is 4.74 Å². The van der Waals surface area contributed by atoms with Gasteiger partial charge in [-0.3, -0.25) is 10.1 Å². The molecule has 0 saturated heterocycles. The van der Waals surface area contributed by atoms with E-state index in [4.69, 9.17) is 4.74 Å². The fourth-order valence-electron chi connectivity index (χ4n) is 1.93. The van der Waals surface area contributed by atoms with Crippen LogP contribution in [0.2, 0.25) is 0 Å². The minimum absolute atomic E-state index is 0.0159. The summed E-state index contributed by atoms with van der Waals surface area (Å²) in [6.07, 6.45) is 3.20. The van der Waals surface area contributed by atoms with E-state index in [1.165, 1.54) is 6.07 Å². The molecule has 2 aromatic carbocycles. The Morgan fingerprint density at radius 3 is 2.57 bits per heavy atom. The summed E-state index contributed by atoms with van der Waals surface area (Å²) in [5.74, 6) is -0.771. The van der Waals surface area contributed by atoms with Crippen LogP contribution in [0, 0.1) is 15.9 Å². The third kappa shape index (κ3) is 4.54. The summed E-state index contributed by atoms with van der Waals surface area (Å²) in [5, 5.41) is 11.1. The van der Waals surface area contributed by atoms with Crippen LogP contribution in [-0.4, -0.2) is 23.9 Å². The Labute approximate surface area is 133 Å². The van der Waals surface area contributed by atoms with Crippen LogP contribution >= 0.6 is 0 Å². The Balaban J connectivity index is 2.29. The molecule has 5 nitrogen and oxygen atoms in total.